The summed E-state index contributed by atoms with van der Waals surface area (Å²) < 4.78 is 15.4. The summed E-state index contributed by atoms with van der Waals surface area (Å²) in [4.78, 5) is 18.0. The number of piperazine rings is 1. The lowest BCUT2D eigenvalue weighted by Crippen LogP contribution is -2.49. The van der Waals surface area contributed by atoms with Crippen LogP contribution in [-0.2, 0) is 0 Å². The van der Waals surface area contributed by atoms with E-state index in [0.29, 0.717) is 18.7 Å². The van der Waals surface area contributed by atoms with Gasteiger partial charge >= 0.3 is 0 Å². The van der Waals surface area contributed by atoms with Crippen molar-refractivity contribution in [3.05, 3.63) is 76.9 Å². The molecule has 5 rings (SSSR count). The Morgan fingerprint density at radius 3 is 2.38 bits per heavy atom. The number of anilines is 1. The first-order valence-electron chi connectivity index (χ1n) is 12.2. The molecule has 1 amide bonds. The Morgan fingerprint density at radius 1 is 1.00 bits per heavy atom. The maximum Gasteiger partial charge on any atom is 0.257 e. The number of amides is 1. The predicted molar refractivity (Wildman–Crippen MR) is 132 cm³/mol. The number of aryl methyl sites for hydroxylation is 2. The number of hydrogen-bond donors (Lipinski definition) is 1. The highest BCUT2D eigenvalue weighted by atomic mass is 19.1. The van der Waals surface area contributed by atoms with Crippen LogP contribution in [0.25, 0.3) is 5.69 Å². The molecule has 0 radical (unpaired) electrons. The lowest BCUT2D eigenvalue weighted by atomic mass is 9.91. The molecule has 3 heterocycles. The van der Waals surface area contributed by atoms with Gasteiger partial charge in [-0.05, 0) is 75.7 Å². The first-order valence-corrected chi connectivity index (χ1v) is 12.2. The lowest BCUT2D eigenvalue weighted by molar-refractivity contribution is 0.0744. The Kier molecular flexibility index (Phi) is 6.37. The molecule has 0 unspecified atom stereocenters. The maximum atomic E-state index is 13.7. The van der Waals surface area contributed by atoms with Crippen molar-refractivity contribution in [2.24, 2.45) is 0 Å². The topological polar surface area (TPSA) is 53.4 Å². The summed E-state index contributed by atoms with van der Waals surface area (Å²) in [5.74, 6) is 0.00345. The van der Waals surface area contributed by atoms with Crippen LogP contribution in [-0.4, -0.2) is 59.9 Å². The average molecular weight is 462 g/mol. The number of carbonyl (C=O) groups excluding carboxylic acids is 1. The van der Waals surface area contributed by atoms with Gasteiger partial charge in [0.1, 0.15) is 5.82 Å². The highest BCUT2D eigenvalue weighted by molar-refractivity contribution is 5.95. The molecule has 0 bridgehead atoms. The minimum atomic E-state index is -0.280. The molecule has 2 aliphatic rings. The largest absolute Gasteiger partial charge is 0.368 e. The second-order valence-corrected chi connectivity index (χ2v) is 9.43. The number of aromatic nitrogens is 2. The molecule has 1 N–H and O–H groups in total. The van der Waals surface area contributed by atoms with Gasteiger partial charge in [0.05, 0.1) is 23.1 Å². The molecule has 3 aromatic rings. The minimum absolute atomic E-state index is 0.0437. The summed E-state index contributed by atoms with van der Waals surface area (Å²) >= 11 is 0. The van der Waals surface area contributed by atoms with E-state index in [0.717, 1.165) is 50.4 Å². The normalized spacial score (nSPS) is 17.3. The van der Waals surface area contributed by atoms with Crippen molar-refractivity contribution in [2.45, 2.75) is 32.6 Å². The predicted octanol–water partition coefficient (Wildman–Crippen LogP) is 4.06. The second-order valence-electron chi connectivity index (χ2n) is 9.43. The van der Waals surface area contributed by atoms with Crippen molar-refractivity contribution >= 4 is 11.6 Å². The Bertz CT molecular complexity index is 1160. The Balaban J connectivity index is 1.39. The van der Waals surface area contributed by atoms with Crippen molar-refractivity contribution in [3.63, 3.8) is 0 Å². The minimum Gasteiger partial charge on any atom is -0.368 e. The van der Waals surface area contributed by atoms with Crippen LogP contribution in [0.1, 0.15) is 45.9 Å². The van der Waals surface area contributed by atoms with E-state index in [1.807, 2.05) is 9.58 Å². The van der Waals surface area contributed by atoms with Crippen molar-refractivity contribution < 1.29 is 9.18 Å². The van der Waals surface area contributed by atoms with Crippen LogP contribution in [0.2, 0.25) is 0 Å². The molecule has 7 heteroatoms. The second kappa shape index (κ2) is 9.58. The molecule has 178 valence electrons. The van der Waals surface area contributed by atoms with Gasteiger partial charge in [0.15, 0.2) is 0 Å². The molecule has 0 saturated carbocycles. The van der Waals surface area contributed by atoms with Crippen LogP contribution in [0.3, 0.4) is 0 Å². The van der Waals surface area contributed by atoms with Crippen molar-refractivity contribution in [1.29, 1.82) is 0 Å². The molecule has 6 nitrogen and oxygen atoms in total. The summed E-state index contributed by atoms with van der Waals surface area (Å²) in [5, 5.41) is 8.01. The summed E-state index contributed by atoms with van der Waals surface area (Å²) in [6.07, 6.45) is 3.61. The maximum absolute atomic E-state index is 13.7. The number of rotatable bonds is 4. The van der Waals surface area contributed by atoms with Crippen LogP contribution in [0.4, 0.5) is 10.1 Å². The third-order valence-electron chi connectivity index (χ3n) is 7.09. The number of piperidine rings is 1. The molecule has 1 aromatic heterocycles. The van der Waals surface area contributed by atoms with E-state index in [9.17, 15) is 9.18 Å². The molecule has 0 spiro atoms. The fourth-order valence-corrected chi connectivity index (χ4v) is 5.28. The van der Waals surface area contributed by atoms with Crippen LogP contribution in [0, 0.1) is 19.7 Å². The number of nitrogens with one attached hydrogen (secondary N) is 1. The molecule has 34 heavy (non-hydrogen) atoms. The summed E-state index contributed by atoms with van der Waals surface area (Å²) in [5.41, 5.74) is 6.20. The van der Waals surface area contributed by atoms with E-state index in [4.69, 9.17) is 0 Å². The standard InChI is InChI=1S/C27H32FN5O/c1-19-3-8-25(20(2)17-19)31-13-15-32(16-14-31)27(34)24-18-30-33(23-6-4-22(28)5-7-23)26(24)21-9-11-29-12-10-21/h3-8,17-18,21,29H,9-16H2,1-2H3. The lowest BCUT2D eigenvalue weighted by Gasteiger charge is -2.37. The number of halogens is 1. The zero-order valence-electron chi connectivity index (χ0n) is 19.9. The number of carbonyl (C=O) groups is 1. The van der Waals surface area contributed by atoms with Gasteiger partial charge < -0.3 is 15.1 Å². The molecule has 0 atom stereocenters. The molecule has 2 aliphatic heterocycles. The molecule has 2 saturated heterocycles. The Labute approximate surface area is 200 Å². The quantitative estimate of drug-likeness (QED) is 0.637. The van der Waals surface area contributed by atoms with Crippen LogP contribution in [0.15, 0.2) is 48.7 Å². The first kappa shape index (κ1) is 22.6. The summed E-state index contributed by atoms with van der Waals surface area (Å²) in [6, 6.07) is 12.9. The van der Waals surface area contributed by atoms with E-state index in [2.05, 4.69) is 47.4 Å². The Hall–Kier alpha value is -3.19. The van der Waals surface area contributed by atoms with Gasteiger partial charge in [-0.15, -0.1) is 0 Å². The van der Waals surface area contributed by atoms with Gasteiger partial charge in [0, 0.05) is 37.8 Å². The molecule has 2 aromatic carbocycles. The molecular formula is C27H32FN5O. The van der Waals surface area contributed by atoms with Crippen LogP contribution in [0.5, 0.6) is 0 Å². The highest BCUT2D eigenvalue weighted by Gasteiger charge is 2.31. The van der Waals surface area contributed by atoms with Crippen molar-refractivity contribution in [2.75, 3.05) is 44.2 Å². The van der Waals surface area contributed by atoms with Crippen LogP contribution < -0.4 is 10.2 Å². The van der Waals surface area contributed by atoms with E-state index in [1.54, 1.807) is 18.3 Å². The number of benzene rings is 2. The summed E-state index contributed by atoms with van der Waals surface area (Å²) in [7, 11) is 0. The molecule has 0 aliphatic carbocycles. The Morgan fingerprint density at radius 2 is 1.71 bits per heavy atom. The van der Waals surface area contributed by atoms with Gasteiger partial charge in [-0.25, -0.2) is 9.07 Å². The van der Waals surface area contributed by atoms with E-state index >= 15 is 0 Å². The highest BCUT2D eigenvalue weighted by Crippen LogP contribution is 2.31. The molecule has 2 fully saturated rings. The van der Waals surface area contributed by atoms with Gasteiger partial charge in [-0.2, -0.15) is 5.10 Å². The van der Waals surface area contributed by atoms with Gasteiger partial charge in [-0.1, -0.05) is 17.7 Å². The zero-order chi connectivity index (χ0) is 23.7. The fourth-order valence-electron chi connectivity index (χ4n) is 5.28. The first-order chi connectivity index (χ1) is 16.5. The van der Waals surface area contributed by atoms with E-state index in [1.165, 1.54) is 28.9 Å². The average Bonchev–Trinajstić information content (AvgIpc) is 3.30. The monoisotopic (exact) mass is 461 g/mol. The van der Waals surface area contributed by atoms with Crippen molar-refractivity contribution in [1.82, 2.24) is 20.0 Å². The number of nitrogens with zero attached hydrogens (tertiary/aromatic N) is 4. The van der Waals surface area contributed by atoms with Gasteiger partial charge in [-0.3, -0.25) is 4.79 Å². The smallest absolute Gasteiger partial charge is 0.257 e. The van der Waals surface area contributed by atoms with Crippen molar-refractivity contribution in [3.8, 4) is 5.69 Å². The zero-order valence-corrected chi connectivity index (χ0v) is 19.9. The SMILES string of the molecule is Cc1ccc(N2CCN(C(=O)c3cnn(-c4ccc(F)cc4)c3C3CCNCC3)CC2)c(C)c1. The summed E-state index contributed by atoms with van der Waals surface area (Å²) in [6.45, 7) is 9.07. The van der Waals surface area contributed by atoms with E-state index in [-0.39, 0.29) is 17.6 Å². The fraction of sp³-hybridized carbons (Fsp3) is 0.407. The molecular weight excluding hydrogens is 429 g/mol. The third-order valence-corrected chi connectivity index (χ3v) is 7.09. The van der Waals surface area contributed by atoms with E-state index < -0.39 is 0 Å². The number of hydrogen-bond acceptors (Lipinski definition) is 4. The van der Waals surface area contributed by atoms with Gasteiger partial charge in [0.2, 0.25) is 0 Å². The van der Waals surface area contributed by atoms with Crippen LogP contribution >= 0.6 is 0 Å². The van der Waals surface area contributed by atoms with Gasteiger partial charge in [0.25, 0.3) is 5.91 Å². The third kappa shape index (κ3) is 4.44.